The van der Waals surface area contributed by atoms with E-state index in [2.05, 4.69) is 68.6 Å². The van der Waals surface area contributed by atoms with E-state index in [1.165, 1.54) is 5.39 Å². The Morgan fingerprint density at radius 2 is 2.00 bits per heavy atom. The molecule has 1 aromatic heterocycles. The highest BCUT2D eigenvalue weighted by atomic mass is 32.2. The first-order valence-corrected chi connectivity index (χ1v) is 11.0. The Bertz CT molecular complexity index is 1140. The third kappa shape index (κ3) is 3.06. The molecule has 2 heterocycles. The van der Waals surface area contributed by atoms with Gasteiger partial charge in [-0.05, 0) is 27.5 Å². The number of fused-ring (bicyclic) bond motifs is 3. The van der Waals surface area contributed by atoms with E-state index in [9.17, 15) is 4.79 Å². The maximum atomic E-state index is 13.4. The maximum absolute atomic E-state index is 13.4. The molecule has 1 N–H and O–H groups in total. The summed E-state index contributed by atoms with van der Waals surface area (Å²) < 4.78 is 1.93. The molecule has 1 aliphatic heterocycles. The third-order valence-corrected chi connectivity index (χ3v) is 6.44. The number of ketones is 1. The Balaban J connectivity index is 1.76. The molecule has 5 rings (SSSR count). The van der Waals surface area contributed by atoms with Crippen molar-refractivity contribution in [2.75, 3.05) is 11.1 Å². The van der Waals surface area contributed by atoms with Crippen molar-refractivity contribution in [1.29, 1.82) is 0 Å². The van der Waals surface area contributed by atoms with Gasteiger partial charge in [0.05, 0.1) is 12.0 Å². The van der Waals surface area contributed by atoms with Crippen molar-refractivity contribution in [3.63, 3.8) is 0 Å². The van der Waals surface area contributed by atoms with E-state index in [1.807, 2.05) is 10.7 Å². The number of anilines is 1. The Kier molecular flexibility index (Phi) is 4.28. The minimum Gasteiger partial charge on any atom is -0.328 e. The normalized spacial score (nSPS) is 22.6. The van der Waals surface area contributed by atoms with Crippen LogP contribution in [0, 0.1) is 11.3 Å². The quantitative estimate of drug-likeness (QED) is 0.619. The Labute approximate surface area is 174 Å². The van der Waals surface area contributed by atoms with Gasteiger partial charge in [-0.1, -0.05) is 81.1 Å². The van der Waals surface area contributed by atoms with Crippen molar-refractivity contribution >= 4 is 34.3 Å². The number of carbonyl (C=O) groups is 1. The first-order chi connectivity index (χ1) is 14.0. The molecule has 29 heavy (non-hydrogen) atoms. The average molecular weight is 405 g/mol. The van der Waals surface area contributed by atoms with Crippen LogP contribution in [0.1, 0.15) is 38.8 Å². The summed E-state index contributed by atoms with van der Waals surface area (Å²) >= 11 is 1.62. The Hall–Kier alpha value is -2.60. The molecular formula is C23H24N4OS. The predicted octanol–water partition coefficient (Wildman–Crippen LogP) is 5.06. The van der Waals surface area contributed by atoms with Gasteiger partial charge in [0.1, 0.15) is 5.78 Å². The van der Waals surface area contributed by atoms with Gasteiger partial charge in [-0.15, -0.1) is 5.10 Å². The highest BCUT2D eigenvalue weighted by Crippen LogP contribution is 2.46. The van der Waals surface area contributed by atoms with Gasteiger partial charge in [0.25, 0.3) is 0 Å². The molecule has 0 spiro atoms. The minimum atomic E-state index is -0.275. The smallest absolute Gasteiger partial charge is 0.227 e. The number of carbonyl (C=O) groups excluding carboxylic acids is 1. The minimum absolute atomic E-state index is 0.164. The molecule has 0 unspecified atom stereocenters. The zero-order valence-corrected chi connectivity index (χ0v) is 17.7. The molecule has 0 saturated heterocycles. The fourth-order valence-electron chi connectivity index (χ4n) is 4.62. The van der Waals surface area contributed by atoms with E-state index in [1.54, 1.807) is 11.8 Å². The first kappa shape index (κ1) is 18.4. The summed E-state index contributed by atoms with van der Waals surface area (Å²) in [6.07, 6.45) is 2.74. The molecule has 0 amide bonds. The van der Waals surface area contributed by atoms with Gasteiger partial charge in [0.2, 0.25) is 11.1 Å². The van der Waals surface area contributed by atoms with Crippen LogP contribution in [0.2, 0.25) is 0 Å². The SMILES string of the molecule is CCSc1nc2n(n1)[C@H](c1cccc3ccccc13)[C@H]1C(=O)CC(C)(C)C=C1N2. The Morgan fingerprint density at radius 1 is 1.21 bits per heavy atom. The lowest BCUT2D eigenvalue weighted by molar-refractivity contribution is -0.125. The summed E-state index contributed by atoms with van der Waals surface area (Å²) in [5.74, 6) is 1.60. The van der Waals surface area contributed by atoms with E-state index in [-0.39, 0.29) is 23.2 Å². The summed E-state index contributed by atoms with van der Waals surface area (Å²) in [5.41, 5.74) is 1.91. The van der Waals surface area contributed by atoms with Crippen LogP contribution in [0.3, 0.4) is 0 Å². The molecule has 6 heteroatoms. The fraction of sp³-hybridized carbons (Fsp3) is 0.348. The molecule has 2 aromatic carbocycles. The summed E-state index contributed by atoms with van der Waals surface area (Å²) in [6.45, 7) is 6.31. The molecule has 0 saturated carbocycles. The largest absolute Gasteiger partial charge is 0.328 e. The third-order valence-electron chi connectivity index (χ3n) is 5.72. The van der Waals surface area contributed by atoms with Crippen LogP contribution in [0.4, 0.5) is 5.95 Å². The number of aromatic nitrogens is 3. The van der Waals surface area contributed by atoms with Crippen LogP contribution in [-0.2, 0) is 4.79 Å². The second-order valence-corrected chi connectivity index (χ2v) is 9.67. The van der Waals surface area contributed by atoms with Gasteiger partial charge in [-0.3, -0.25) is 4.79 Å². The molecular weight excluding hydrogens is 380 g/mol. The number of benzene rings is 2. The van der Waals surface area contributed by atoms with Gasteiger partial charge >= 0.3 is 0 Å². The fourth-order valence-corrected chi connectivity index (χ4v) is 5.17. The van der Waals surface area contributed by atoms with Crippen LogP contribution in [0.25, 0.3) is 10.8 Å². The monoisotopic (exact) mass is 404 g/mol. The van der Waals surface area contributed by atoms with E-state index in [0.717, 1.165) is 27.6 Å². The second kappa shape index (κ2) is 6.73. The highest BCUT2D eigenvalue weighted by Gasteiger charge is 2.45. The molecule has 0 bridgehead atoms. The number of allylic oxidation sites excluding steroid dienone is 2. The lowest BCUT2D eigenvalue weighted by Crippen LogP contribution is -2.42. The average Bonchev–Trinajstić information content (AvgIpc) is 3.07. The first-order valence-electron chi connectivity index (χ1n) is 10.1. The van der Waals surface area contributed by atoms with Gasteiger partial charge in [-0.25, -0.2) is 4.68 Å². The molecule has 0 radical (unpaired) electrons. The molecule has 1 aliphatic carbocycles. The summed E-state index contributed by atoms with van der Waals surface area (Å²) in [5, 5.41) is 11.3. The number of rotatable bonds is 3. The van der Waals surface area contributed by atoms with Crippen molar-refractivity contribution in [2.24, 2.45) is 11.3 Å². The topological polar surface area (TPSA) is 59.8 Å². The lowest BCUT2D eigenvalue weighted by atomic mass is 9.71. The van der Waals surface area contributed by atoms with Gasteiger partial charge in [-0.2, -0.15) is 4.98 Å². The van der Waals surface area contributed by atoms with Gasteiger partial charge in [0.15, 0.2) is 0 Å². The van der Waals surface area contributed by atoms with Crippen molar-refractivity contribution in [3.05, 3.63) is 59.8 Å². The van der Waals surface area contributed by atoms with E-state index >= 15 is 0 Å². The van der Waals surface area contributed by atoms with Crippen molar-refractivity contribution in [1.82, 2.24) is 14.8 Å². The summed E-state index contributed by atoms with van der Waals surface area (Å²) in [4.78, 5) is 18.1. The van der Waals surface area contributed by atoms with E-state index in [4.69, 9.17) is 10.1 Å². The number of Topliss-reactive ketones (excluding diaryl/α,β-unsaturated/α-hetero) is 1. The molecule has 2 atom stereocenters. The molecule has 148 valence electrons. The zero-order valence-electron chi connectivity index (χ0n) is 16.8. The summed E-state index contributed by atoms with van der Waals surface area (Å²) in [6, 6.07) is 14.4. The van der Waals surface area contributed by atoms with Crippen molar-refractivity contribution in [3.8, 4) is 0 Å². The van der Waals surface area contributed by atoms with Crippen LogP contribution in [0.5, 0.6) is 0 Å². The molecule has 3 aromatic rings. The van der Waals surface area contributed by atoms with Crippen LogP contribution >= 0.6 is 11.8 Å². The number of hydrogen-bond acceptors (Lipinski definition) is 5. The van der Waals surface area contributed by atoms with Crippen LogP contribution < -0.4 is 5.32 Å². The predicted molar refractivity (Wildman–Crippen MR) is 117 cm³/mol. The standard InChI is InChI=1S/C23H24N4OS/c1-4-29-22-25-21-24-17-12-23(2,3)13-18(28)19(17)20(27(21)26-22)16-11-7-9-14-8-5-6-10-15(14)16/h5-12,19-20H,4,13H2,1-3H3,(H,24,25,26)/t19-,20-/m1/s1. The zero-order chi connectivity index (χ0) is 20.2. The van der Waals surface area contributed by atoms with Crippen molar-refractivity contribution in [2.45, 2.75) is 38.4 Å². The second-order valence-electron chi connectivity index (χ2n) is 8.44. The number of nitrogens with zero attached hydrogens (tertiary/aromatic N) is 3. The van der Waals surface area contributed by atoms with Crippen molar-refractivity contribution < 1.29 is 4.79 Å². The molecule has 0 fully saturated rings. The van der Waals surface area contributed by atoms with E-state index in [0.29, 0.717) is 12.4 Å². The van der Waals surface area contributed by atoms with E-state index < -0.39 is 0 Å². The highest BCUT2D eigenvalue weighted by molar-refractivity contribution is 7.99. The summed E-state index contributed by atoms with van der Waals surface area (Å²) in [7, 11) is 0. The molecule has 5 nitrogen and oxygen atoms in total. The number of nitrogens with one attached hydrogen (secondary N) is 1. The van der Waals surface area contributed by atoms with Gasteiger partial charge in [0, 0.05) is 12.1 Å². The number of hydrogen-bond donors (Lipinski definition) is 1. The van der Waals surface area contributed by atoms with Crippen LogP contribution in [-0.4, -0.2) is 26.3 Å². The lowest BCUT2D eigenvalue weighted by Gasteiger charge is -2.40. The maximum Gasteiger partial charge on any atom is 0.227 e. The Morgan fingerprint density at radius 3 is 2.83 bits per heavy atom. The van der Waals surface area contributed by atoms with Crippen LogP contribution in [0.15, 0.2) is 59.4 Å². The van der Waals surface area contributed by atoms with Gasteiger partial charge < -0.3 is 5.32 Å². The molecule has 2 aliphatic rings. The number of thioether (sulfide) groups is 1.